The van der Waals surface area contributed by atoms with Gasteiger partial charge in [-0.05, 0) is 5.67 Å². The van der Waals surface area contributed by atoms with Gasteiger partial charge in [-0.1, -0.05) is 13.1 Å². The van der Waals surface area contributed by atoms with Crippen LogP contribution in [0.25, 0.3) is 0 Å². The normalized spacial score (nSPS) is 12.8. The third kappa shape index (κ3) is 7.30. The Kier molecular flexibility index (Phi) is 4.03. The first-order valence-electron chi connectivity index (χ1n) is 2.39. The Morgan fingerprint density at radius 2 is 1.75 bits per heavy atom. The Morgan fingerprint density at radius 3 is 1.75 bits per heavy atom. The number of hydrogen-bond acceptors (Lipinski definition) is 0. The molecule has 0 nitrogen and oxygen atoms in total. The van der Waals surface area contributed by atoms with E-state index in [0.717, 1.165) is 5.67 Å². The van der Waals surface area contributed by atoms with E-state index in [2.05, 4.69) is 13.1 Å². The third-order valence-corrected chi connectivity index (χ3v) is 9.92. The van der Waals surface area contributed by atoms with Crippen molar-refractivity contribution in [2.75, 3.05) is 0 Å². The lowest BCUT2D eigenvalue weighted by molar-refractivity contribution is 1.77. The van der Waals surface area contributed by atoms with E-state index in [0.29, 0.717) is 0 Å². The summed E-state index contributed by atoms with van der Waals surface area (Å²) < 4.78 is 0. The second-order valence-electron chi connectivity index (χ2n) is 2.31. The molecule has 0 rings (SSSR count). The SMILES string of the molecule is C[Si](C)(Cl)C[SiH](Cl)Cl. The Hall–Kier alpha value is 1.30. The summed E-state index contributed by atoms with van der Waals surface area (Å²) >= 11 is 17.2. The molecule has 0 aliphatic carbocycles. The molecular formula is C3H9Cl3Si2. The summed E-state index contributed by atoms with van der Waals surface area (Å²) in [4.78, 5) is 0. The summed E-state index contributed by atoms with van der Waals surface area (Å²) in [6, 6.07) is 0. The molecule has 8 heavy (non-hydrogen) atoms. The Bertz CT molecular complexity index is 67.4. The lowest BCUT2D eigenvalue weighted by Gasteiger charge is -2.10. The molecule has 0 aliphatic heterocycles. The van der Waals surface area contributed by atoms with Crippen LogP contribution in [-0.4, -0.2) is 14.8 Å². The Labute approximate surface area is 66.9 Å². The van der Waals surface area contributed by atoms with Crippen LogP contribution in [0, 0.1) is 0 Å². The molecule has 0 bridgehead atoms. The first-order chi connectivity index (χ1) is 3.42. The zero-order chi connectivity index (χ0) is 6.78. The molecule has 0 fully saturated rings. The molecule has 0 amide bonds. The average molecular weight is 208 g/mol. The maximum atomic E-state index is 5.93. The van der Waals surface area contributed by atoms with Gasteiger partial charge in [-0.3, -0.25) is 0 Å². The van der Waals surface area contributed by atoms with Crippen molar-refractivity contribution in [1.29, 1.82) is 0 Å². The van der Waals surface area contributed by atoms with Crippen LogP contribution in [0.2, 0.25) is 18.8 Å². The van der Waals surface area contributed by atoms with Crippen LogP contribution in [0.1, 0.15) is 0 Å². The van der Waals surface area contributed by atoms with E-state index in [-0.39, 0.29) is 0 Å². The van der Waals surface area contributed by atoms with Gasteiger partial charge in [0.2, 0.25) is 7.42 Å². The third-order valence-electron chi connectivity index (χ3n) is 0.640. The molecule has 0 atom stereocenters. The van der Waals surface area contributed by atoms with Gasteiger partial charge in [0.25, 0.3) is 0 Å². The van der Waals surface area contributed by atoms with E-state index in [1.165, 1.54) is 0 Å². The van der Waals surface area contributed by atoms with E-state index < -0.39 is 14.8 Å². The molecule has 0 unspecified atom stereocenters. The molecule has 0 aliphatic rings. The highest BCUT2D eigenvalue weighted by Gasteiger charge is 2.21. The van der Waals surface area contributed by atoms with Gasteiger partial charge in [0.05, 0.1) is 0 Å². The highest BCUT2D eigenvalue weighted by Crippen LogP contribution is 2.18. The maximum absolute atomic E-state index is 5.93. The van der Waals surface area contributed by atoms with Crippen LogP contribution < -0.4 is 0 Å². The van der Waals surface area contributed by atoms with Gasteiger partial charge >= 0.3 is 0 Å². The predicted octanol–water partition coefficient (Wildman–Crippen LogP) is 2.67. The Balaban J connectivity index is 3.39. The highest BCUT2D eigenvalue weighted by molar-refractivity contribution is 7.40. The van der Waals surface area contributed by atoms with Gasteiger partial charge in [-0.25, -0.2) is 0 Å². The molecule has 0 N–H and O–H groups in total. The summed E-state index contributed by atoms with van der Waals surface area (Å²) in [5.74, 6) is 0. The van der Waals surface area contributed by atoms with Crippen molar-refractivity contribution in [2.45, 2.75) is 18.8 Å². The van der Waals surface area contributed by atoms with Crippen molar-refractivity contribution in [3.63, 3.8) is 0 Å². The van der Waals surface area contributed by atoms with Crippen molar-refractivity contribution in [2.24, 2.45) is 0 Å². The fraction of sp³-hybridized carbons (Fsp3) is 1.00. The molecule has 50 valence electrons. The van der Waals surface area contributed by atoms with Crippen LogP contribution in [0.15, 0.2) is 0 Å². The van der Waals surface area contributed by atoms with Gasteiger partial charge in [0, 0.05) is 0 Å². The minimum atomic E-state index is -1.45. The molecule has 0 heterocycles. The van der Waals surface area contributed by atoms with Gasteiger partial charge in [0.1, 0.15) is 7.38 Å². The van der Waals surface area contributed by atoms with E-state index in [1.54, 1.807) is 0 Å². The van der Waals surface area contributed by atoms with E-state index in [1.807, 2.05) is 0 Å². The summed E-state index contributed by atoms with van der Waals surface area (Å²) in [5.41, 5.74) is 0.900. The Morgan fingerprint density at radius 1 is 1.38 bits per heavy atom. The van der Waals surface area contributed by atoms with Gasteiger partial charge < -0.3 is 0 Å². The number of halogens is 3. The van der Waals surface area contributed by atoms with E-state index in [4.69, 9.17) is 33.2 Å². The number of hydrogen-bond donors (Lipinski definition) is 0. The summed E-state index contributed by atoms with van der Waals surface area (Å²) in [6.45, 7) is 4.11. The molecule has 0 spiro atoms. The molecule has 0 aromatic carbocycles. The first-order valence-corrected chi connectivity index (χ1v) is 10.9. The molecule has 0 saturated carbocycles. The fourth-order valence-corrected chi connectivity index (χ4v) is 13.1. The fourth-order valence-electron chi connectivity index (χ4n) is 0.367. The largest absolute Gasteiger partial charge is 0.235 e. The summed E-state index contributed by atoms with van der Waals surface area (Å²) in [7, 11) is -2.87. The molecule has 5 heteroatoms. The summed E-state index contributed by atoms with van der Waals surface area (Å²) in [5, 5.41) is 0. The van der Waals surface area contributed by atoms with Crippen molar-refractivity contribution in [3.05, 3.63) is 0 Å². The minimum absolute atomic E-state index is 0.900. The van der Waals surface area contributed by atoms with Gasteiger partial charge in [-0.2, -0.15) is 33.2 Å². The van der Waals surface area contributed by atoms with Crippen LogP contribution in [0.3, 0.4) is 0 Å². The van der Waals surface area contributed by atoms with Crippen LogP contribution in [0.4, 0.5) is 0 Å². The molecule has 0 aromatic rings. The van der Waals surface area contributed by atoms with E-state index >= 15 is 0 Å². The topological polar surface area (TPSA) is 0 Å². The standard InChI is InChI=1S/C3H9Cl3Si2/c1-8(2,6)3-7(4)5/h7H,3H2,1-2H3. The van der Waals surface area contributed by atoms with Gasteiger partial charge in [-0.15, -0.1) is 0 Å². The summed E-state index contributed by atoms with van der Waals surface area (Å²) in [6.07, 6.45) is 0. The van der Waals surface area contributed by atoms with E-state index in [9.17, 15) is 0 Å². The lowest BCUT2D eigenvalue weighted by atomic mass is 11.8. The van der Waals surface area contributed by atoms with Crippen molar-refractivity contribution >= 4 is 48.0 Å². The van der Waals surface area contributed by atoms with Crippen molar-refractivity contribution in [3.8, 4) is 0 Å². The molecule has 0 saturated heterocycles. The average Bonchev–Trinajstić information content (AvgIpc) is 1.21. The van der Waals surface area contributed by atoms with Crippen molar-refractivity contribution in [1.82, 2.24) is 0 Å². The lowest BCUT2D eigenvalue weighted by Crippen LogP contribution is -2.20. The second-order valence-corrected chi connectivity index (χ2v) is 15.1. The molecule has 0 radical (unpaired) electrons. The quantitative estimate of drug-likeness (QED) is 0.483. The van der Waals surface area contributed by atoms with Crippen LogP contribution in [0.5, 0.6) is 0 Å². The maximum Gasteiger partial charge on any atom is 0.235 e. The highest BCUT2D eigenvalue weighted by atomic mass is 35.7. The monoisotopic (exact) mass is 206 g/mol. The minimum Gasteiger partial charge on any atom is -0.168 e. The van der Waals surface area contributed by atoms with Crippen LogP contribution in [-0.2, 0) is 0 Å². The zero-order valence-corrected chi connectivity index (χ0v) is 9.34. The number of rotatable bonds is 2. The van der Waals surface area contributed by atoms with Gasteiger partial charge in [0.15, 0.2) is 0 Å². The smallest absolute Gasteiger partial charge is 0.168 e. The second kappa shape index (κ2) is 3.47. The first kappa shape index (κ1) is 9.30. The zero-order valence-electron chi connectivity index (χ0n) is 4.92. The van der Waals surface area contributed by atoms with Crippen LogP contribution >= 0.6 is 33.2 Å². The van der Waals surface area contributed by atoms with Crippen molar-refractivity contribution < 1.29 is 0 Å². The molecule has 0 aromatic heterocycles. The molecular weight excluding hydrogens is 199 g/mol. The predicted molar refractivity (Wildman–Crippen MR) is 47.0 cm³/mol.